The third kappa shape index (κ3) is 3.22. The number of hydrogen-bond donors (Lipinski definition) is 1. The number of ether oxygens (including phenoxy) is 1. The molecule has 0 amide bonds. The number of nitrogens with two attached hydrogens (primary N) is 1. The van der Waals surface area contributed by atoms with Gasteiger partial charge in [0.05, 0.1) is 7.11 Å². The van der Waals surface area contributed by atoms with E-state index in [9.17, 15) is 8.42 Å². The van der Waals surface area contributed by atoms with Crippen LogP contribution in [0.4, 0.5) is 0 Å². The molecule has 0 radical (unpaired) electrons. The quantitative estimate of drug-likeness (QED) is 0.922. The van der Waals surface area contributed by atoms with Gasteiger partial charge in [0.25, 0.3) is 0 Å². The van der Waals surface area contributed by atoms with E-state index in [1.807, 2.05) is 6.92 Å². The van der Waals surface area contributed by atoms with E-state index in [0.29, 0.717) is 24.8 Å². The summed E-state index contributed by atoms with van der Waals surface area (Å²) in [5.41, 5.74) is 6.45. The Bertz CT molecular complexity index is 601. The highest BCUT2D eigenvalue weighted by Gasteiger charge is 2.34. The van der Waals surface area contributed by atoms with E-state index in [1.54, 1.807) is 22.5 Å². The first-order valence-electron chi connectivity index (χ1n) is 7.29. The lowest BCUT2D eigenvalue weighted by Gasteiger charge is -2.35. The van der Waals surface area contributed by atoms with Crippen molar-refractivity contribution in [3.05, 3.63) is 23.8 Å². The van der Waals surface area contributed by atoms with Gasteiger partial charge in [-0.25, -0.2) is 8.42 Å². The molecule has 118 valence electrons. The molecule has 21 heavy (non-hydrogen) atoms. The largest absolute Gasteiger partial charge is 0.495 e. The lowest BCUT2D eigenvalue weighted by Crippen LogP contribution is -2.44. The minimum atomic E-state index is -3.53. The number of sulfonamides is 1. The molecule has 1 aliphatic rings. The van der Waals surface area contributed by atoms with Gasteiger partial charge in [-0.05, 0) is 43.4 Å². The van der Waals surface area contributed by atoms with Crippen LogP contribution in [0.3, 0.4) is 0 Å². The first-order chi connectivity index (χ1) is 9.90. The van der Waals surface area contributed by atoms with Gasteiger partial charge in [-0.1, -0.05) is 13.0 Å². The fourth-order valence-electron chi connectivity index (χ4n) is 2.92. The summed E-state index contributed by atoms with van der Waals surface area (Å²) in [5.74, 6) is 0.928. The second-order valence-electron chi connectivity index (χ2n) is 5.78. The van der Waals surface area contributed by atoms with Crippen molar-refractivity contribution in [2.75, 3.05) is 13.7 Å². The van der Waals surface area contributed by atoms with Gasteiger partial charge in [0, 0.05) is 19.1 Å². The summed E-state index contributed by atoms with van der Waals surface area (Å²) in [6.45, 7) is 5.05. The lowest BCUT2D eigenvalue weighted by atomic mass is 9.95. The number of methoxy groups -OCH3 is 1. The van der Waals surface area contributed by atoms with E-state index < -0.39 is 10.0 Å². The highest BCUT2D eigenvalue weighted by Crippen LogP contribution is 2.32. The van der Waals surface area contributed by atoms with Gasteiger partial charge in [0.15, 0.2) is 0 Å². The summed E-state index contributed by atoms with van der Waals surface area (Å²) < 4.78 is 32.6. The SMILES string of the molecule is COc1cc(CN)ccc1S(=O)(=O)N1CCC(C)CC1C. The minimum absolute atomic E-state index is 0.0117. The van der Waals surface area contributed by atoms with Crippen LogP contribution < -0.4 is 10.5 Å². The maximum atomic E-state index is 12.9. The zero-order chi connectivity index (χ0) is 15.6. The molecular formula is C15H24N2O3S. The molecular weight excluding hydrogens is 288 g/mol. The van der Waals surface area contributed by atoms with Crippen LogP contribution >= 0.6 is 0 Å². The molecule has 1 fully saturated rings. The van der Waals surface area contributed by atoms with Gasteiger partial charge in [-0.15, -0.1) is 0 Å². The van der Waals surface area contributed by atoms with E-state index in [4.69, 9.17) is 10.5 Å². The van der Waals surface area contributed by atoms with Crippen LogP contribution in [0.1, 0.15) is 32.3 Å². The van der Waals surface area contributed by atoms with Crippen LogP contribution in [0.2, 0.25) is 0 Å². The second kappa shape index (κ2) is 6.34. The van der Waals surface area contributed by atoms with Gasteiger partial charge in [-0.3, -0.25) is 0 Å². The molecule has 1 aromatic rings. The average molecular weight is 312 g/mol. The number of piperidine rings is 1. The van der Waals surface area contributed by atoms with Crippen molar-refractivity contribution in [3.8, 4) is 5.75 Å². The van der Waals surface area contributed by atoms with Gasteiger partial charge in [0.2, 0.25) is 10.0 Å². The number of hydrogen-bond acceptors (Lipinski definition) is 4. The van der Waals surface area contributed by atoms with Gasteiger partial charge < -0.3 is 10.5 Å². The number of rotatable bonds is 4. The summed E-state index contributed by atoms with van der Waals surface area (Å²) in [7, 11) is -2.05. The predicted molar refractivity (Wildman–Crippen MR) is 82.6 cm³/mol. The molecule has 6 heteroatoms. The molecule has 1 aliphatic heterocycles. The van der Waals surface area contributed by atoms with Crippen molar-refractivity contribution < 1.29 is 13.2 Å². The Morgan fingerprint density at radius 1 is 1.38 bits per heavy atom. The van der Waals surface area contributed by atoms with E-state index >= 15 is 0 Å². The molecule has 2 N–H and O–H groups in total. The zero-order valence-electron chi connectivity index (χ0n) is 12.9. The first-order valence-corrected chi connectivity index (χ1v) is 8.73. The standard InChI is InChI=1S/C15H24N2O3S/c1-11-6-7-17(12(2)8-11)21(18,19)15-5-4-13(10-16)9-14(15)20-3/h4-5,9,11-12H,6-8,10,16H2,1-3H3. The van der Waals surface area contributed by atoms with E-state index in [0.717, 1.165) is 18.4 Å². The molecule has 1 heterocycles. The van der Waals surface area contributed by atoms with Gasteiger partial charge in [-0.2, -0.15) is 4.31 Å². The Morgan fingerprint density at radius 2 is 2.10 bits per heavy atom. The van der Waals surface area contributed by atoms with Crippen LogP contribution in [0, 0.1) is 5.92 Å². The fraction of sp³-hybridized carbons (Fsp3) is 0.600. The Labute approximate surface area is 127 Å². The minimum Gasteiger partial charge on any atom is -0.495 e. The van der Waals surface area contributed by atoms with Crippen molar-refractivity contribution in [2.24, 2.45) is 11.7 Å². The van der Waals surface area contributed by atoms with E-state index in [-0.39, 0.29) is 10.9 Å². The third-order valence-electron chi connectivity index (χ3n) is 4.13. The molecule has 0 aromatic heterocycles. The molecule has 1 saturated heterocycles. The van der Waals surface area contributed by atoms with Crippen molar-refractivity contribution in [3.63, 3.8) is 0 Å². The maximum absolute atomic E-state index is 12.9. The van der Waals surface area contributed by atoms with Crippen molar-refractivity contribution in [1.29, 1.82) is 0 Å². The number of nitrogens with zero attached hydrogens (tertiary/aromatic N) is 1. The monoisotopic (exact) mass is 312 g/mol. The molecule has 0 saturated carbocycles. The van der Waals surface area contributed by atoms with Crippen LogP contribution in [-0.4, -0.2) is 32.4 Å². The molecule has 1 aromatic carbocycles. The smallest absolute Gasteiger partial charge is 0.246 e. The van der Waals surface area contributed by atoms with Crippen LogP contribution in [0.5, 0.6) is 5.75 Å². The van der Waals surface area contributed by atoms with Crippen LogP contribution in [0.15, 0.2) is 23.1 Å². The summed E-state index contributed by atoms with van der Waals surface area (Å²) in [6, 6.07) is 5.05. The Kier molecular flexibility index (Phi) is 4.91. The summed E-state index contributed by atoms with van der Waals surface area (Å²) in [5, 5.41) is 0. The Hall–Kier alpha value is -1.11. The predicted octanol–water partition coefficient (Wildman–Crippen LogP) is 1.96. The van der Waals surface area contributed by atoms with Crippen LogP contribution in [0.25, 0.3) is 0 Å². The Morgan fingerprint density at radius 3 is 2.67 bits per heavy atom. The molecule has 0 aliphatic carbocycles. The molecule has 2 atom stereocenters. The molecule has 2 unspecified atom stereocenters. The molecule has 5 nitrogen and oxygen atoms in total. The fourth-order valence-corrected chi connectivity index (χ4v) is 4.72. The zero-order valence-corrected chi connectivity index (χ0v) is 13.7. The lowest BCUT2D eigenvalue weighted by molar-refractivity contribution is 0.219. The topological polar surface area (TPSA) is 72.6 Å². The average Bonchev–Trinajstić information content (AvgIpc) is 2.46. The summed E-state index contributed by atoms with van der Waals surface area (Å²) in [4.78, 5) is 0.226. The maximum Gasteiger partial charge on any atom is 0.246 e. The molecule has 0 spiro atoms. The van der Waals surface area contributed by atoms with E-state index in [1.165, 1.54) is 7.11 Å². The summed E-state index contributed by atoms with van der Waals surface area (Å²) in [6.07, 6.45) is 1.79. The highest BCUT2D eigenvalue weighted by atomic mass is 32.2. The first kappa shape index (κ1) is 16.3. The third-order valence-corrected chi connectivity index (χ3v) is 6.18. The number of benzene rings is 1. The van der Waals surface area contributed by atoms with Gasteiger partial charge >= 0.3 is 0 Å². The molecule has 2 rings (SSSR count). The normalized spacial score (nSPS) is 24.0. The Balaban J connectivity index is 2.39. The second-order valence-corrected chi connectivity index (χ2v) is 7.64. The molecule has 0 bridgehead atoms. The van der Waals surface area contributed by atoms with Crippen molar-refractivity contribution in [1.82, 2.24) is 4.31 Å². The summed E-state index contributed by atoms with van der Waals surface area (Å²) >= 11 is 0. The van der Waals surface area contributed by atoms with Gasteiger partial charge in [0.1, 0.15) is 10.6 Å². The van der Waals surface area contributed by atoms with E-state index in [2.05, 4.69) is 6.92 Å². The van der Waals surface area contributed by atoms with Crippen molar-refractivity contribution in [2.45, 2.75) is 44.2 Å². The highest BCUT2D eigenvalue weighted by molar-refractivity contribution is 7.89. The van der Waals surface area contributed by atoms with Crippen LogP contribution in [-0.2, 0) is 16.6 Å². The van der Waals surface area contributed by atoms with Crippen molar-refractivity contribution >= 4 is 10.0 Å².